The van der Waals surface area contributed by atoms with Crippen molar-refractivity contribution in [1.82, 2.24) is 4.90 Å². The molecule has 0 bridgehead atoms. The van der Waals surface area contributed by atoms with Crippen LogP contribution >= 0.6 is 0 Å². The van der Waals surface area contributed by atoms with Crippen LogP contribution in [0.5, 0.6) is 5.75 Å². The minimum absolute atomic E-state index is 0.00338. The van der Waals surface area contributed by atoms with E-state index in [0.717, 1.165) is 49.0 Å². The number of carboxylic acid groups (broad SMARTS) is 1. The van der Waals surface area contributed by atoms with Crippen molar-refractivity contribution in [2.45, 2.75) is 63.5 Å². The highest BCUT2D eigenvalue weighted by Gasteiger charge is 2.28. The van der Waals surface area contributed by atoms with Gasteiger partial charge in [0.2, 0.25) is 5.91 Å². The lowest BCUT2D eigenvalue weighted by Crippen LogP contribution is -2.32. The van der Waals surface area contributed by atoms with Crippen LogP contribution in [0.4, 0.5) is 0 Å². The van der Waals surface area contributed by atoms with Crippen LogP contribution in [-0.4, -0.2) is 46.7 Å². The van der Waals surface area contributed by atoms with Crippen LogP contribution < -0.4 is 4.74 Å². The molecule has 6 heteroatoms. The van der Waals surface area contributed by atoms with Crippen LogP contribution in [0.15, 0.2) is 60.7 Å². The Hall–Kier alpha value is -3.12. The van der Waals surface area contributed by atoms with Crippen molar-refractivity contribution in [1.29, 1.82) is 0 Å². The van der Waals surface area contributed by atoms with E-state index in [1.165, 1.54) is 5.56 Å². The largest absolute Gasteiger partial charge is 0.497 e. The Morgan fingerprint density at radius 3 is 2.62 bits per heavy atom. The quantitative estimate of drug-likeness (QED) is 0.324. The molecular formula is C28H35NO5. The number of rotatable bonds is 13. The highest BCUT2D eigenvalue weighted by molar-refractivity contribution is 5.79. The maximum absolute atomic E-state index is 12.3. The van der Waals surface area contributed by atoms with Crippen LogP contribution in [0.25, 0.3) is 0 Å². The van der Waals surface area contributed by atoms with Gasteiger partial charge in [0, 0.05) is 19.4 Å². The minimum Gasteiger partial charge on any atom is -0.497 e. The zero-order valence-corrected chi connectivity index (χ0v) is 19.9. The number of aliphatic hydroxyl groups is 1. The maximum atomic E-state index is 12.3. The summed E-state index contributed by atoms with van der Waals surface area (Å²) in [5.41, 5.74) is 3.12. The number of hydrogen-bond donors (Lipinski definition) is 2. The first kappa shape index (κ1) is 25.5. The molecule has 0 radical (unpaired) electrons. The normalized spacial score (nSPS) is 16.8. The summed E-state index contributed by atoms with van der Waals surface area (Å²) in [6.45, 7) is 0.675. The molecular weight excluding hydrogens is 430 g/mol. The van der Waals surface area contributed by atoms with Gasteiger partial charge in [-0.1, -0.05) is 61.4 Å². The molecule has 0 aromatic heterocycles. The van der Waals surface area contributed by atoms with Crippen LogP contribution in [0.3, 0.4) is 0 Å². The maximum Gasteiger partial charge on any atom is 0.303 e. The van der Waals surface area contributed by atoms with Crippen molar-refractivity contribution >= 4 is 11.9 Å². The number of amides is 1. The molecule has 2 N–H and O–H groups in total. The molecule has 1 aliphatic heterocycles. The summed E-state index contributed by atoms with van der Waals surface area (Å²) in [7, 11) is 1.65. The Kier molecular flexibility index (Phi) is 9.71. The van der Waals surface area contributed by atoms with Gasteiger partial charge in [-0.2, -0.15) is 0 Å². The molecule has 1 amide bonds. The molecule has 34 heavy (non-hydrogen) atoms. The number of unbranched alkanes of at least 4 members (excludes halogenated alkanes) is 3. The number of aliphatic hydroxyl groups excluding tert-OH is 1. The van der Waals surface area contributed by atoms with Gasteiger partial charge in [-0.3, -0.25) is 9.59 Å². The molecule has 2 aromatic carbocycles. The Morgan fingerprint density at radius 1 is 1.12 bits per heavy atom. The summed E-state index contributed by atoms with van der Waals surface area (Å²) >= 11 is 0. The summed E-state index contributed by atoms with van der Waals surface area (Å²) in [5.74, 6) is 0.219. The first-order valence-electron chi connectivity index (χ1n) is 12.1. The number of carbonyl (C=O) groups is 2. The molecule has 1 saturated heterocycles. The van der Waals surface area contributed by atoms with E-state index in [1.807, 2.05) is 53.4 Å². The average molecular weight is 466 g/mol. The zero-order chi connectivity index (χ0) is 24.3. The number of carbonyl (C=O) groups excluding carboxylic acids is 1. The number of likely N-dealkylation sites (tertiary alicyclic amines) is 1. The number of benzene rings is 2. The van der Waals surface area contributed by atoms with E-state index in [0.29, 0.717) is 19.4 Å². The van der Waals surface area contributed by atoms with Gasteiger partial charge < -0.3 is 19.8 Å². The van der Waals surface area contributed by atoms with Crippen molar-refractivity contribution in [2.75, 3.05) is 13.7 Å². The Morgan fingerprint density at radius 2 is 1.88 bits per heavy atom. The fourth-order valence-corrected chi connectivity index (χ4v) is 4.37. The molecule has 2 atom stereocenters. The van der Waals surface area contributed by atoms with Crippen molar-refractivity contribution in [3.63, 3.8) is 0 Å². The Labute approximate surface area is 201 Å². The minimum atomic E-state index is -0.759. The van der Waals surface area contributed by atoms with Crippen molar-refractivity contribution in [2.24, 2.45) is 0 Å². The van der Waals surface area contributed by atoms with Gasteiger partial charge in [-0.15, -0.1) is 0 Å². The smallest absolute Gasteiger partial charge is 0.303 e. The molecule has 1 unspecified atom stereocenters. The monoisotopic (exact) mass is 465 g/mol. The number of hydrogen-bond acceptors (Lipinski definition) is 4. The molecule has 182 valence electrons. The third kappa shape index (κ3) is 7.73. The van der Waals surface area contributed by atoms with E-state index in [-0.39, 0.29) is 18.4 Å². The van der Waals surface area contributed by atoms with E-state index in [4.69, 9.17) is 9.84 Å². The molecule has 1 aliphatic rings. The predicted molar refractivity (Wildman–Crippen MR) is 132 cm³/mol. The summed E-state index contributed by atoms with van der Waals surface area (Å²) in [5, 5.41) is 19.5. The first-order valence-corrected chi connectivity index (χ1v) is 12.1. The van der Waals surface area contributed by atoms with Crippen molar-refractivity contribution in [3.05, 3.63) is 77.4 Å². The lowest BCUT2D eigenvalue weighted by atomic mass is 10.00. The number of nitrogens with zero attached hydrogens (tertiary/aromatic N) is 1. The molecule has 1 heterocycles. The molecule has 3 rings (SSSR count). The fraction of sp³-hybridized carbons (Fsp3) is 0.429. The van der Waals surface area contributed by atoms with Gasteiger partial charge in [0.1, 0.15) is 5.75 Å². The van der Waals surface area contributed by atoms with Gasteiger partial charge in [-0.05, 0) is 54.5 Å². The SMILES string of the molecule is COc1ccc(Cc2cccc([C@H](O)C=CC3CCC(=O)N3CCCCCCC(=O)O)c2)cc1. The van der Waals surface area contributed by atoms with Crippen LogP contribution in [0.2, 0.25) is 0 Å². The topological polar surface area (TPSA) is 87.1 Å². The van der Waals surface area contributed by atoms with E-state index < -0.39 is 12.1 Å². The molecule has 0 spiro atoms. The molecule has 1 fully saturated rings. The van der Waals surface area contributed by atoms with Crippen molar-refractivity contribution in [3.8, 4) is 5.75 Å². The average Bonchev–Trinajstić information content (AvgIpc) is 3.19. The second-order valence-electron chi connectivity index (χ2n) is 8.85. The van der Waals surface area contributed by atoms with E-state index in [9.17, 15) is 14.7 Å². The highest BCUT2D eigenvalue weighted by Crippen LogP contribution is 2.24. The van der Waals surface area contributed by atoms with Crippen LogP contribution in [0.1, 0.15) is 67.7 Å². The second-order valence-corrected chi connectivity index (χ2v) is 8.85. The second kappa shape index (κ2) is 12.9. The number of carboxylic acids is 1. The number of methoxy groups -OCH3 is 1. The highest BCUT2D eigenvalue weighted by atomic mass is 16.5. The number of aliphatic carboxylic acids is 1. The summed E-state index contributed by atoms with van der Waals surface area (Å²) in [6, 6.07) is 15.9. The lowest BCUT2D eigenvalue weighted by molar-refractivity contribution is -0.137. The Bertz CT molecular complexity index is 969. The third-order valence-corrected chi connectivity index (χ3v) is 6.29. The van der Waals surface area contributed by atoms with E-state index in [1.54, 1.807) is 13.2 Å². The van der Waals surface area contributed by atoms with E-state index in [2.05, 4.69) is 6.07 Å². The summed E-state index contributed by atoms with van der Waals surface area (Å²) in [6.07, 6.45) is 8.59. The first-order chi connectivity index (χ1) is 16.5. The van der Waals surface area contributed by atoms with E-state index >= 15 is 0 Å². The van der Waals surface area contributed by atoms with Gasteiger partial charge in [0.15, 0.2) is 0 Å². The fourth-order valence-electron chi connectivity index (χ4n) is 4.37. The van der Waals surface area contributed by atoms with Gasteiger partial charge in [0.05, 0.1) is 19.3 Å². The predicted octanol–water partition coefficient (Wildman–Crippen LogP) is 4.90. The molecule has 0 aliphatic carbocycles. The van der Waals surface area contributed by atoms with Crippen molar-refractivity contribution < 1.29 is 24.5 Å². The Balaban J connectivity index is 1.53. The van der Waals surface area contributed by atoms with Gasteiger partial charge in [0.25, 0.3) is 0 Å². The molecule has 6 nitrogen and oxygen atoms in total. The third-order valence-electron chi connectivity index (χ3n) is 6.29. The molecule has 2 aromatic rings. The molecule has 0 saturated carbocycles. The lowest BCUT2D eigenvalue weighted by Gasteiger charge is -2.22. The van der Waals surface area contributed by atoms with Crippen LogP contribution in [-0.2, 0) is 16.0 Å². The zero-order valence-electron chi connectivity index (χ0n) is 19.9. The summed E-state index contributed by atoms with van der Waals surface area (Å²) in [4.78, 5) is 24.8. The van der Waals surface area contributed by atoms with Crippen LogP contribution in [0, 0.1) is 0 Å². The van der Waals surface area contributed by atoms with Gasteiger partial charge >= 0.3 is 5.97 Å². The summed E-state index contributed by atoms with van der Waals surface area (Å²) < 4.78 is 5.21. The standard InChI is InChI=1S/C28H35NO5/c1-34-25-14-10-21(11-15-25)19-22-7-6-8-23(20-22)26(30)16-12-24-13-17-27(31)29(24)18-5-3-2-4-9-28(32)33/h6-8,10-12,14-16,20,24,26,30H,2-5,9,13,17-19H2,1H3,(H,32,33)/t24?,26-/m1/s1. The van der Waals surface area contributed by atoms with Gasteiger partial charge in [-0.25, -0.2) is 0 Å². The number of ether oxygens (including phenoxy) is 1.